The molecule has 0 bridgehead atoms. The number of pyridine rings is 1. The average molecular weight is 379 g/mol. The predicted octanol–water partition coefficient (Wildman–Crippen LogP) is 4.37. The molecule has 0 radical (unpaired) electrons. The number of benzene rings is 2. The van der Waals surface area contributed by atoms with Gasteiger partial charge in [0.15, 0.2) is 0 Å². The van der Waals surface area contributed by atoms with Crippen LogP contribution in [0.3, 0.4) is 0 Å². The summed E-state index contributed by atoms with van der Waals surface area (Å²) in [5.74, 6) is 0.904. The minimum Gasteiger partial charge on any atom is -0.491 e. The summed E-state index contributed by atoms with van der Waals surface area (Å²) < 4.78 is 5.86. The SMILES string of the molecule is O=C(Cc1cccc(Cl)c1)N1CCOc2ccc(-c3cccnc3)cc2C1. The molecule has 4 nitrogen and oxygen atoms in total. The van der Waals surface area contributed by atoms with E-state index in [4.69, 9.17) is 16.3 Å². The van der Waals surface area contributed by atoms with Crippen molar-refractivity contribution < 1.29 is 9.53 Å². The number of hydrogen-bond donors (Lipinski definition) is 0. The van der Waals surface area contributed by atoms with E-state index < -0.39 is 0 Å². The summed E-state index contributed by atoms with van der Waals surface area (Å²) >= 11 is 6.03. The third-order valence-electron chi connectivity index (χ3n) is 4.63. The number of carbonyl (C=O) groups is 1. The van der Waals surface area contributed by atoms with Gasteiger partial charge in [0.25, 0.3) is 0 Å². The molecule has 4 rings (SSSR count). The fourth-order valence-electron chi connectivity index (χ4n) is 3.25. The Labute approximate surface area is 163 Å². The van der Waals surface area contributed by atoms with Gasteiger partial charge in [0.2, 0.25) is 5.91 Å². The van der Waals surface area contributed by atoms with Gasteiger partial charge in [-0.3, -0.25) is 9.78 Å². The second-order valence-electron chi connectivity index (χ2n) is 6.53. The number of fused-ring (bicyclic) bond motifs is 1. The number of nitrogens with zero attached hydrogens (tertiary/aromatic N) is 2. The molecule has 0 atom stereocenters. The number of halogens is 1. The van der Waals surface area contributed by atoms with Gasteiger partial charge in [0.05, 0.1) is 13.0 Å². The lowest BCUT2D eigenvalue weighted by atomic mass is 10.0. The van der Waals surface area contributed by atoms with Gasteiger partial charge in [-0.15, -0.1) is 0 Å². The van der Waals surface area contributed by atoms with Crippen molar-refractivity contribution in [2.45, 2.75) is 13.0 Å². The van der Waals surface area contributed by atoms with Crippen LogP contribution in [0.15, 0.2) is 67.0 Å². The second kappa shape index (κ2) is 7.80. The second-order valence-corrected chi connectivity index (χ2v) is 6.97. The van der Waals surface area contributed by atoms with E-state index >= 15 is 0 Å². The number of carbonyl (C=O) groups excluding carboxylic acids is 1. The maximum Gasteiger partial charge on any atom is 0.227 e. The van der Waals surface area contributed by atoms with Crippen LogP contribution in [0.2, 0.25) is 5.02 Å². The van der Waals surface area contributed by atoms with E-state index in [9.17, 15) is 4.79 Å². The number of rotatable bonds is 3. The predicted molar refractivity (Wildman–Crippen MR) is 106 cm³/mol. The Bertz CT molecular complexity index is 960. The Kier molecular flexibility index (Phi) is 5.07. The minimum absolute atomic E-state index is 0.0699. The fourth-order valence-corrected chi connectivity index (χ4v) is 3.47. The molecular weight excluding hydrogens is 360 g/mol. The topological polar surface area (TPSA) is 42.4 Å². The molecule has 0 saturated heterocycles. The zero-order valence-corrected chi connectivity index (χ0v) is 15.5. The maximum absolute atomic E-state index is 12.8. The summed E-state index contributed by atoms with van der Waals surface area (Å²) in [6, 6.07) is 17.5. The lowest BCUT2D eigenvalue weighted by Crippen LogP contribution is -2.33. The molecule has 27 heavy (non-hydrogen) atoms. The summed E-state index contributed by atoms with van der Waals surface area (Å²) in [6.07, 6.45) is 3.92. The highest BCUT2D eigenvalue weighted by molar-refractivity contribution is 6.30. The van der Waals surface area contributed by atoms with Gasteiger partial charge < -0.3 is 9.64 Å². The van der Waals surface area contributed by atoms with Crippen molar-refractivity contribution in [3.8, 4) is 16.9 Å². The van der Waals surface area contributed by atoms with E-state index in [1.54, 1.807) is 6.20 Å². The Morgan fingerprint density at radius 1 is 1.11 bits per heavy atom. The van der Waals surface area contributed by atoms with E-state index in [1.165, 1.54) is 0 Å². The third kappa shape index (κ3) is 4.12. The van der Waals surface area contributed by atoms with Crippen LogP contribution < -0.4 is 4.74 Å². The normalized spacial score (nSPS) is 13.4. The Morgan fingerprint density at radius 2 is 2.04 bits per heavy atom. The van der Waals surface area contributed by atoms with Crippen LogP contribution in [-0.2, 0) is 17.8 Å². The molecule has 1 amide bonds. The molecule has 1 aromatic heterocycles. The zero-order valence-electron chi connectivity index (χ0n) is 14.8. The summed E-state index contributed by atoms with van der Waals surface area (Å²) in [4.78, 5) is 18.8. The highest BCUT2D eigenvalue weighted by atomic mass is 35.5. The van der Waals surface area contributed by atoms with Crippen molar-refractivity contribution in [1.82, 2.24) is 9.88 Å². The first-order valence-electron chi connectivity index (χ1n) is 8.87. The molecule has 0 aliphatic carbocycles. The molecule has 3 aromatic rings. The van der Waals surface area contributed by atoms with Crippen LogP contribution in [0.1, 0.15) is 11.1 Å². The van der Waals surface area contributed by atoms with E-state index in [0.717, 1.165) is 28.0 Å². The molecule has 2 heterocycles. The maximum atomic E-state index is 12.8. The van der Waals surface area contributed by atoms with Crippen LogP contribution >= 0.6 is 11.6 Å². The zero-order chi connectivity index (χ0) is 18.6. The van der Waals surface area contributed by atoms with E-state index in [0.29, 0.717) is 31.1 Å². The molecule has 1 aliphatic heterocycles. The van der Waals surface area contributed by atoms with E-state index in [1.807, 2.05) is 59.6 Å². The first-order valence-corrected chi connectivity index (χ1v) is 9.25. The number of aromatic nitrogens is 1. The standard InChI is InChI=1S/C22H19ClN2O2/c23-20-5-1-3-16(11-20)12-22(26)25-9-10-27-21-7-6-17(13-19(21)15-25)18-4-2-8-24-14-18/h1-8,11,13-14H,9-10,12,15H2. The summed E-state index contributed by atoms with van der Waals surface area (Å²) in [7, 11) is 0. The molecule has 5 heteroatoms. The van der Waals surface area contributed by atoms with Crippen molar-refractivity contribution in [1.29, 1.82) is 0 Å². The number of hydrogen-bond acceptors (Lipinski definition) is 3. The smallest absolute Gasteiger partial charge is 0.227 e. The van der Waals surface area contributed by atoms with Gasteiger partial charge in [-0.25, -0.2) is 0 Å². The van der Waals surface area contributed by atoms with Crippen LogP contribution in [0, 0.1) is 0 Å². The van der Waals surface area contributed by atoms with E-state index in [2.05, 4.69) is 11.1 Å². The molecule has 2 aromatic carbocycles. The molecule has 0 spiro atoms. The molecule has 0 N–H and O–H groups in total. The molecule has 0 saturated carbocycles. The molecule has 0 fully saturated rings. The first-order chi connectivity index (χ1) is 13.2. The quantitative estimate of drug-likeness (QED) is 0.679. The minimum atomic E-state index is 0.0699. The van der Waals surface area contributed by atoms with Gasteiger partial charge in [0.1, 0.15) is 12.4 Å². The van der Waals surface area contributed by atoms with Gasteiger partial charge in [-0.05, 0) is 41.5 Å². The molecule has 0 unspecified atom stereocenters. The lowest BCUT2D eigenvalue weighted by molar-refractivity contribution is -0.131. The van der Waals surface area contributed by atoms with Gasteiger partial charge in [-0.1, -0.05) is 35.9 Å². The summed E-state index contributed by atoms with van der Waals surface area (Å²) in [5, 5.41) is 0.644. The van der Waals surface area contributed by atoms with Crippen molar-refractivity contribution in [2.75, 3.05) is 13.2 Å². The Balaban J connectivity index is 1.55. The van der Waals surface area contributed by atoms with Crippen molar-refractivity contribution in [3.63, 3.8) is 0 Å². The van der Waals surface area contributed by atoms with Crippen LogP contribution in [0.5, 0.6) is 5.75 Å². The van der Waals surface area contributed by atoms with Crippen LogP contribution in [0.25, 0.3) is 11.1 Å². The highest BCUT2D eigenvalue weighted by Crippen LogP contribution is 2.29. The van der Waals surface area contributed by atoms with Crippen molar-refractivity contribution >= 4 is 17.5 Å². The van der Waals surface area contributed by atoms with E-state index in [-0.39, 0.29) is 5.91 Å². The molecule has 1 aliphatic rings. The summed E-state index contributed by atoms with van der Waals surface area (Å²) in [6.45, 7) is 1.58. The Hall–Kier alpha value is -2.85. The molecule has 136 valence electrons. The monoisotopic (exact) mass is 378 g/mol. The third-order valence-corrected chi connectivity index (χ3v) is 4.87. The highest BCUT2D eigenvalue weighted by Gasteiger charge is 2.20. The van der Waals surface area contributed by atoms with Gasteiger partial charge in [-0.2, -0.15) is 0 Å². The fraction of sp³-hybridized carbons (Fsp3) is 0.182. The van der Waals surface area contributed by atoms with Crippen LogP contribution in [0.4, 0.5) is 0 Å². The van der Waals surface area contributed by atoms with Gasteiger partial charge >= 0.3 is 0 Å². The Morgan fingerprint density at radius 3 is 2.85 bits per heavy atom. The molecular formula is C22H19ClN2O2. The average Bonchev–Trinajstić information content (AvgIpc) is 2.90. The first kappa shape index (κ1) is 17.6. The lowest BCUT2D eigenvalue weighted by Gasteiger charge is -2.20. The number of amides is 1. The summed E-state index contributed by atoms with van der Waals surface area (Å²) in [5.41, 5.74) is 4.03. The van der Waals surface area contributed by atoms with Gasteiger partial charge in [0, 0.05) is 35.1 Å². The van der Waals surface area contributed by atoms with Crippen molar-refractivity contribution in [2.24, 2.45) is 0 Å². The number of ether oxygens (including phenoxy) is 1. The van der Waals surface area contributed by atoms with Crippen LogP contribution in [-0.4, -0.2) is 28.9 Å². The largest absolute Gasteiger partial charge is 0.491 e. The van der Waals surface area contributed by atoms with Crippen molar-refractivity contribution in [3.05, 3.63) is 83.1 Å².